The van der Waals surface area contributed by atoms with Crippen LogP contribution < -0.4 is 5.32 Å². The predicted molar refractivity (Wildman–Crippen MR) is 60.9 cm³/mol. The first-order valence-corrected chi connectivity index (χ1v) is 5.08. The van der Waals surface area contributed by atoms with Crippen molar-refractivity contribution in [1.29, 1.82) is 0 Å². The van der Waals surface area contributed by atoms with Crippen molar-refractivity contribution in [2.75, 3.05) is 25.6 Å². The number of nitrogens with one attached hydrogen (secondary N) is 1. The lowest BCUT2D eigenvalue weighted by atomic mass is 10.2. The van der Waals surface area contributed by atoms with Gasteiger partial charge in [-0.15, -0.1) is 0 Å². The van der Waals surface area contributed by atoms with Gasteiger partial charge < -0.3 is 15.2 Å². The highest BCUT2D eigenvalue weighted by Gasteiger charge is 2.06. The van der Waals surface area contributed by atoms with E-state index in [1.807, 2.05) is 6.92 Å². The Morgan fingerprint density at radius 1 is 1.62 bits per heavy atom. The van der Waals surface area contributed by atoms with Crippen LogP contribution in [0, 0.1) is 6.92 Å². The van der Waals surface area contributed by atoms with E-state index in [2.05, 4.69) is 10.3 Å². The Kier molecular flexibility index (Phi) is 4.72. The first-order valence-electron chi connectivity index (χ1n) is 5.08. The lowest BCUT2D eigenvalue weighted by molar-refractivity contribution is 0.0696. The molecule has 0 aliphatic rings. The van der Waals surface area contributed by atoms with Crippen LogP contribution in [-0.2, 0) is 4.74 Å². The zero-order valence-corrected chi connectivity index (χ0v) is 9.49. The summed E-state index contributed by atoms with van der Waals surface area (Å²) in [6, 6.07) is 1.61. The third-order valence-corrected chi connectivity index (χ3v) is 2.14. The van der Waals surface area contributed by atoms with Crippen molar-refractivity contribution in [3.05, 3.63) is 23.4 Å². The lowest BCUT2D eigenvalue weighted by Gasteiger charge is -2.08. The van der Waals surface area contributed by atoms with Gasteiger partial charge in [-0.1, -0.05) is 0 Å². The highest BCUT2D eigenvalue weighted by Crippen LogP contribution is 2.12. The molecule has 16 heavy (non-hydrogen) atoms. The summed E-state index contributed by atoms with van der Waals surface area (Å²) in [5.74, 6) is -0.234. The molecule has 0 fully saturated rings. The number of pyridine rings is 1. The Balaban J connectivity index is 2.57. The van der Waals surface area contributed by atoms with Crippen LogP contribution in [0.25, 0.3) is 0 Å². The maximum atomic E-state index is 10.7. The third kappa shape index (κ3) is 3.51. The average molecular weight is 224 g/mol. The second-order valence-electron chi connectivity index (χ2n) is 3.47. The standard InChI is InChI=1S/C11H16N2O3/c1-8-6-9(11(14)15)7-13-10(8)12-4-3-5-16-2/h6-7H,3-5H2,1-2H3,(H,12,13)(H,14,15). The molecule has 1 rings (SSSR count). The van der Waals surface area contributed by atoms with Gasteiger partial charge in [0.1, 0.15) is 5.82 Å². The number of methoxy groups -OCH3 is 1. The number of rotatable bonds is 6. The zero-order valence-electron chi connectivity index (χ0n) is 9.49. The van der Waals surface area contributed by atoms with Gasteiger partial charge >= 0.3 is 5.97 Å². The normalized spacial score (nSPS) is 10.1. The van der Waals surface area contributed by atoms with E-state index in [1.54, 1.807) is 13.2 Å². The summed E-state index contributed by atoms with van der Waals surface area (Å²) < 4.78 is 4.92. The molecule has 0 amide bonds. The van der Waals surface area contributed by atoms with Gasteiger partial charge in [-0.25, -0.2) is 9.78 Å². The van der Waals surface area contributed by atoms with Crippen molar-refractivity contribution in [2.45, 2.75) is 13.3 Å². The predicted octanol–water partition coefficient (Wildman–Crippen LogP) is 1.54. The Morgan fingerprint density at radius 2 is 2.38 bits per heavy atom. The topological polar surface area (TPSA) is 71.5 Å². The molecule has 0 saturated carbocycles. The number of hydrogen-bond acceptors (Lipinski definition) is 4. The van der Waals surface area contributed by atoms with E-state index < -0.39 is 5.97 Å². The van der Waals surface area contributed by atoms with Crippen LogP contribution in [0.1, 0.15) is 22.3 Å². The van der Waals surface area contributed by atoms with Crippen LogP contribution >= 0.6 is 0 Å². The fourth-order valence-electron chi connectivity index (χ4n) is 1.30. The molecule has 0 aliphatic heterocycles. The van der Waals surface area contributed by atoms with E-state index in [0.717, 1.165) is 24.3 Å². The van der Waals surface area contributed by atoms with Gasteiger partial charge in [0.25, 0.3) is 0 Å². The fraction of sp³-hybridized carbons (Fsp3) is 0.455. The number of carbonyl (C=O) groups is 1. The Morgan fingerprint density at radius 3 is 2.94 bits per heavy atom. The van der Waals surface area contributed by atoms with E-state index in [4.69, 9.17) is 9.84 Å². The molecule has 1 heterocycles. The Bertz CT molecular complexity index is 366. The van der Waals surface area contributed by atoms with E-state index >= 15 is 0 Å². The molecule has 0 saturated heterocycles. The van der Waals surface area contributed by atoms with Crippen LogP contribution in [0.5, 0.6) is 0 Å². The first-order chi connectivity index (χ1) is 7.65. The average Bonchev–Trinajstić information content (AvgIpc) is 2.26. The summed E-state index contributed by atoms with van der Waals surface area (Å²) in [5.41, 5.74) is 1.04. The Labute approximate surface area is 94.5 Å². The maximum absolute atomic E-state index is 10.7. The molecule has 0 radical (unpaired) electrons. The van der Waals surface area contributed by atoms with Crippen molar-refractivity contribution in [3.63, 3.8) is 0 Å². The molecule has 0 aliphatic carbocycles. The smallest absolute Gasteiger partial charge is 0.337 e. The molecule has 0 bridgehead atoms. The van der Waals surface area contributed by atoms with Crippen molar-refractivity contribution >= 4 is 11.8 Å². The monoisotopic (exact) mass is 224 g/mol. The highest BCUT2D eigenvalue weighted by molar-refractivity contribution is 5.87. The molecule has 5 nitrogen and oxygen atoms in total. The minimum atomic E-state index is -0.957. The maximum Gasteiger partial charge on any atom is 0.337 e. The summed E-state index contributed by atoms with van der Waals surface area (Å²) in [6.07, 6.45) is 2.24. The number of aromatic nitrogens is 1. The highest BCUT2D eigenvalue weighted by atomic mass is 16.5. The van der Waals surface area contributed by atoms with Crippen LogP contribution in [-0.4, -0.2) is 36.3 Å². The summed E-state index contributed by atoms with van der Waals surface area (Å²) in [4.78, 5) is 14.8. The van der Waals surface area contributed by atoms with Crippen LogP contribution in [0.3, 0.4) is 0 Å². The third-order valence-electron chi connectivity index (χ3n) is 2.14. The van der Waals surface area contributed by atoms with Crippen molar-refractivity contribution in [3.8, 4) is 0 Å². The van der Waals surface area contributed by atoms with Gasteiger partial charge in [0, 0.05) is 26.5 Å². The molecule has 5 heteroatoms. The number of aromatic carboxylic acids is 1. The number of hydrogen-bond donors (Lipinski definition) is 2. The number of aryl methyl sites for hydroxylation is 1. The summed E-state index contributed by atoms with van der Waals surface area (Å²) >= 11 is 0. The Hall–Kier alpha value is -1.62. The first kappa shape index (κ1) is 12.4. The van der Waals surface area contributed by atoms with E-state index in [1.165, 1.54) is 6.20 Å². The molecule has 1 aromatic heterocycles. The zero-order chi connectivity index (χ0) is 12.0. The SMILES string of the molecule is COCCCNc1ncc(C(=O)O)cc1C. The molecular weight excluding hydrogens is 208 g/mol. The summed E-state index contributed by atoms with van der Waals surface area (Å²) in [6.45, 7) is 3.28. The second-order valence-corrected chi connectivity index (χ2v) is 3.47. The van der Waals surface area contributed by atoms with Gasteiger partial charge in [-0.05, 0) is 25.0 Å². The number of carboxylic acids is 1. The molecule has 0 spiro atoms. The lowest BCUT2D eigenvalue weighted by Crippen LogP contribution is -2.08. The second kappa shape index (κ2) is 6.07. The van der Waals surface area contributed by atoms with Gasteiger partial charge in [-0.3, -0.25) is 0 Å². The van der Waals surface area contributed by atoms with Crippen LogP contribution in [0.4, 0.5) is 5.82 Å². The van der Waals surface area contributed by atoms with E-state index in [9.17, 15) is 4.79 Å². The van der Waals surface area contributed by atoms with Crippen molar-refractivity contribution < 1.29 is 14.6 Å². The van der Waals surface area contributed by atoms with E-state index in [-0.39, 0.29) is 5.56 Å². The van der Waals surface area contributed by atoms with Crippen LogP contribution in [0.2, 0.25) is 0 Å². The number of ether oxygens (including phenoxy) is 1. The minimum Gasteiger partial charge on any atom is -0.478 e. The van der Waals surface area contributed by atoms with Gasteiger partial charge in [0.05, 0.1) is 5.56 Å². The summed E-state index contributed by atoms with van der Waals surface area (Å²) in [7, 11) is 1.66. The van der Waals surface area contributed by atoms with Gasteiger partial charge in [0.2, 0.25) is 0 Å². The van der Waals surface area contributed by atoms with Crippen molar-refractivity contribution in [2.24, 2.45) is 0 Å². The molecule has 0 atom stereocenters. The molecule has 0 aromatic carbocycles. The molecule has 0 unspecified atom stereocenters. The van der Waals surface area contributed by atoms with Gasteiger partial charge in [-0.2, -0.15) is 0 Å². The molecule has 88 valence electrons. The molecule has 2 N–H and O–H groups in total. The van der Waals surface area contributed by atoms with E-state index in [0.29, 0.717) is 6.61 Å². The minimum absolute atomic E-state index is 0.208. The number of nitrogens with zero attached hydrogens (tertiary/aromatic N) is 1. The van der Waals surface area contributed by atoms with Crippen LogP contribution in [0.15, 0.2) is 12.3 Å². The number of anilines is 1. The fourth-order valence-corrected chi connectivity index (χ4v) is 1.30. The number of carboxylic acid groups (broad SMARTS) is 1. The largest absolute Gasteiger partial charge is 0.478 e. The van der Waals surface area contributed by atoms with Crippen molar-refractivity contribution in [1.82, 2.24) is 4.98 Å². The molecule has 1 aromatic rings. The quantitative estimate of drug-likeness (QED) is 0.717. The molecular formula is C11H16N2O3. The summed E-state index contributed by atoms with van der Waals surface area (Å²) in [5, 5.41) is 11.9. The van der Waals surface area contributed by atoms with Gasteiger partial charge in [0.15, 0.2) is 0 Å².